The molecule has 1 radical (unpaired) electrons. The van der Waals surface area contributed by atoms with E-state index in [0.29, 0.717) is 6.54 Å². The van der Waals surface area contributed by atoms with Crippen LogP contribution in [0.5, 0.6) is 0 Å². The van der Waals surface area contributed by atoms with Gasteiger partial charge < -0.3 is 5.32 Å². The molecule has 47 valence electrons. The lowest BCUT2D eigenvalue weighted by atomic mass is 10.3. The number of carbonyl (C=O) groups is 1. The van der Waals surface area contributed by atoms with Gasteiger partial charge in [-0.1, -0.05) is 0 Å². The molecule has 3 nitrogen and oxygen atoms in total. The van der Waals surface area contributed by atoms with E-state index >= 15 is 0 Å². The standard InChI is InChI=1S/C5H11N2O/c1-3-7-5(8)4(2)6/h4,6H,3H2,1-2H3,(H,7,8). The molecular formula is C5H11N2O. The molecule has 0 aliphatic carbocycles. The highest BCUT2D eigenvalue weighted by Crippen LogP contribution is 1.74. The van der Waals surface area contributed by atoms with Crippen LogP contribution in [0.15, 0.2) is 0 Å². The molecule has 0 aromatic rings. The highest BCUT2D eigenvalue weighted by atomic mass is 16.2. The third kappa shape index (κ3) is 2.58. The molecule has 0 saturated carbocycles. The summed E-state index contributed by atoms with van der Waals surface area (Å²) in [6.07, 6.45) is 0. The van der Waals surface area contributed by atoms with E-state index in [0.717, 1.165) is 0 Å². The van der Waals surface area contributed by atoms with E-state index in [1.165, 1.54) is 0 Å². The number of hydrogen-bond donors (Lipinski definition) is 1. The minimum Gasteiger partial charge on any atom is -0.355 e. The molecule has 0 aromatic carbocycles. The van der Waals surface area contributed by atoms with Crippen molar-refractivity contribution in [2.45, 2.75) is 19.9 Å². The summed E-state index contributed by atoms with van der Waals surface area (Å²) >= 11 is 0. The second-order valence-electron chi connectivity index (χ2n) is 1.62. The van der Waals surface area contributed by atoms with Crippen LogP contribution >= 0.6 is 0 Å². The Kier molecular flexibility index (Phi) is 3.19. The Morgan fingerprint density at radius 3 is 2.50 bits per heavy atom. The summed E-state index contributed by atoms with van der Waals surface area (Å²) in [5.41, 5.74) is 6.87. The first-order chi connectivity index (χ1) is 3.68. The van der Waals surface area contributed by atoms with E-state index in [2.05, 4.69) is 5.32 Å². The molecule has 0 bridgehead atoms. The van der Waals surface area contributed by atoms with Gasteiger partial charge in [-0.15, -0.1) is 0 Å². The zero-order valence-electron chi connectivity index (χ0n) is 5.19. The van der Waals surface area contributed by atoms with Crippen molar-refractivity contribution >= 4 is 5.91 Å². The van der Waals surface area contributed by atoms with Crippen LogP contribution in [0.3, 0.4) is 0 Å². The van der Waals surface area contributed by atoms with Crippen LogP contribution in [0.1, 0.15) is 13.8 Å². The summed E-state index contributed by atoms with van der Waals surface area (Å²) < 4.78 is 0. The van der Waals surface area contributed by atoms with Crippen LogP contribution in [0.25, 0.3) is 0 Å². The van der Waals surface area contributed by atoms with Crippen molar-refractivity contribution < 1.29 is 4.79 Å². The van der Waals surface area contributed by atoms with Crippen molar-refractivity contribution in [3.8, 4) is 0 Å². The van der Waals surface area contributed by atoms with Crippen molar-refractivity contribution in [3.05, 3.63) is 0 Å². The second kappa shape index (κ2) is 3.43. The molecule has 2 N–H and O–H groups in total. The van der Waals surface area contributed by atoms with Gasteiger partial charge in [0.1, 0.15) is 0 Å². The van der Waals surface area contributed by atoms with Crippen LogP contribution in [0, 0.1) is 0 Å². The van der Waals surface area contributed by atoms with E-state index in [4.69, 9.17) is 5.73 Å². The highest BCUT2D eigenvalue weighted by molar-refractivity contribution is 5.80. The molecule has 8 heavy (non-hydrogen) atoms. The molecule has 1 unspecified atom stereocenters. The van der Waals surface area contributed by atoms with Crippen LogP contribution in [-0.2, 0) is 4.79 Å². The Bertz CT molecular complexity index is 80.5. The number of likely N-dealkylation sites (N-methyl/N-ethyl adjacent to an activating group) is 1. The zero-order chi connectivity index (χ0) is 6.57. The van der Waals surface area contributed by atoms with E-state index < -0.39 is 6.04 Å². The Morgan fingerprint density at radius 2 is 2.38 bits per heavy atom. The average Bonchev–Trinajstić information content (AvgIpc) is 1.67. The lowest BCUT2D eigenvalue weighted by molar-refractivity contribution is -0.122. The maximum atomic E-state index is 10.4. The normalized spacial score (nSPS) is 12.9. The first kappa shape index (κ1) is 7.43. The van der Waals surface area contributed by atoms with Crippen molar-refractivity contribution in [3.63, 3.8) is 0 Å². The molecule has 0 aromatic heterocycles. The fourth-order valence-corrected chi connectivity index (χ4v) is 0.327. The summed E-state index contributed by atoms with van der Waals surface area (Å²) in [5, 5.41) is 2.52. The van der Waals surface area contributed by atoms with Gasteiger partial charge in [-0.05, 0) is 13.8 Å². The van der Waals surface area contributed by atoms with Crippen molar-refractivity contribution in [1.82, 2.24) is 11.1 Å². The number of amides is 1. The summed E-state index contributed by atoms with van der Waals surface area (Å²) in [6, 6.07) is -0.630. The molecule has 0 saturated heterocycles. The Morgan fingerprint density at radius 1 is 1.88 bits per heavy atom. The van der Waals surface area contributed by atoms with Gasteiger partial charge in [0.15, 0.2) is 0 Å². The maximum absolute atomic E-state index is 10.4. The lowest BCUT2D eigenvalue weighted by Gasteiger charge is -2.01. The van der Waals surface area contributed by atoms with Gasteiger partial charge >= 0.3 is 0 Å². The molecular weight excluding hydrogens is 104 g/mol. The molecule has 1 atom stereocenters. The molecule has 0 aliphatic heterocycles. The highest BCUT2D eigenvalue weighted by Gasteiger charge is 2.03. The number of hydrogen-bond acceptors (Lipinski definition) is 1. The quantitative estimate of drug-likeness (QED) is 0.532. The third-order valence-corrected chi connectivity index (χ3v) is 0.744. The van der Waals surface area contributed by atoms with Gasteiger partial charge in [0.25, 0.3) is 0 Å². The minimum absolute atomic E-state index is 0.201. The fraction of sp³-hybridized carbons (Fsp3) is 0.800. The van der Waals surface area contributed by atoms with Crippen molar-refractivity contribution in [2.75, 3.05) is 6.54 Å². The van der Waals surface area contributed by atoms with Crippen molar-refractivity contribution in [1.29, 1.82) is 0 Å². The Labute approximate surface area is 49.3 Å². The molecule has 3 heteroatoms. The predicted octanol–water partition coefficient (Wildman–Crippen LogP) is -0.206. The number of carbonyl (C=O) groups excluding carboxylic acids is 1. The predicted molar refractivity (Wildman–Crippen MR) is 31.2 cm³/mol. The van der Waals surface area contributed by atoms with E-state index in [-0.39, 0.29) is 5.91 Å². The zero-order valence-corrected chi connectivity index (χ0v) is 5.19. The van der Waals surface area contributed by atoms with Crippen molar-refractivity contribution in [2.24, 2.45) is 0 Å². The molecule has 1 amide bonds. The molecule has 0 spiro atoms. The largest absolute Gasteiger partial charge is 0.355 e. The second-order valence-corrected chi connectivity index (χ2v) is 1.62. The summed E-state index contributed by atoms with van der Waals surface area (Å²) in [4.78, 5) is 10.4. The minimum atomic E-state index is -0.630. The van der Waals surface area contributed by atoms with Gasteiger partial charge in [-0.2, -0.15) is 0 Å². The van der Waals surface area contributed by atoms with Gasteiger partial charge in [-0.25, -0.2) is 5.73 Å². The molecule has 0 rings (SSSR count). The first-order valence-corrected chi connectivity index (χ1v) is 2.67. The van der Waals surface area contributed by atoms with Crippen LogP contribution in [0.4, 0.5) is 0 Å². The van der Waals surface area contributed by atoms with E-state index in [1.54, 1.807) is 6.92 Å². The van der Waals surface area contributed by atoms with Crippen LogP contribution < -0.4 is 11.1 Å². The molecule has 0 heterocycles. The molecule has 0 aliphatic rings. The summed E-state index contributed by atoms with van der Waals surface area (Å²) in [5.74, 6) is -0.201. The first-order valence-electron chi connectivity index (χ1n) is 2.67. The van der Waals surface area contributed by atoms with Crippen LogP contribution in [0.2, 0.25) is 0 Å². The SMILES string of the molecule is CCNC(=O)C(C)[NH]. The third-order valence-electron chi connectivity index (χ3n) is 0.744. The molecule has 0 fully saturated rings. The monoisotopic (exact) mass is 115 g/mol. The number of nitrogens with one attached hydrogen (secondary N) is 2. The average molecular weight is 115 g/mol. The van der Waals surface area contributed by atoms with Crippen LogP contribution in [-0.4, -0.2) is 18.5 Å². The van der Waals surface area contributed by atoms with Gasteiger partial charge in [0.05, 0.1) is 6.04 Å². The maximum Gasteiger partial charge on any atom is 0.238 e. The Balaban J connectivity index is 3.33. The van der Waals surface area contributed by atoms with Gasteiger partial charge in [-0.3, -0.25) is 4.79 Å². The Hall–Kier alpha value is -0.570. The van der Waals surface area contributed by atoms with Gasteiger partial charge in [0, 0.05) is 6.54 Å². The van der Waals surface area contributed by atoms with E-state index in [1.807, 2.05) is 6.92 Å². The van der Waals surface area contributed by atoms with Gasteiger partial charge in [0.2, 0.25) is 5.91 Å². The fourth-order valence-electron chi connectivity index (χ4n) is 0.327. The summed E-state index contributed by atoms with van der Waals surface area (Å²) in [6.45, 7) is 3.99. The van der Waals surface area contributed by atoms with E-state index in [9.17, 15) is 4.79 Å². The topological polar surface area (TPSA) is 52.9 Å². The smallest absolute Gasteiger partial charge is 0.238 e. The lowest BCUT2D eigenvalue weighted by Crippen LogP contribution is -2.33. The number of rotatable bonds is 2. The summed E-state index contributed by atoms with van der Waals surface area (Å²) in [7, 11) is 0.